The Labute approximate surface area is 260 Å². The van der Waals surface area contributed by atoms with Crippen molar-refractivity contribution in [1.82, 2.24) is 0 Å². The van der Waals surface area contributed by atoms with E-state index in [0.29, 0.717) is 24.3 Å². The fraction of sp³-hybridized carbons (Fsp3) is 0.622. The molecule has 0 saturated carbocycles. The van der Waals surface area contributed by atoms with Gasteiger partial charge in [-0.25, -0.2) is 0 Å². The van der Waals surface area contributed by atoms with E-state index in [1.807, 2.05) is 24.3 Å². The average molecular weight is 595 g/mol. The Morgan fingerprint density at radius 2 is 0.791 bits per heavy atom. The zero-order chi connectivity index (χ0) is 33.3. The van der Waals surface area contributed by atoms with Crippen LogP contribution in [0.5, 0.6) is 11.5 Å². The number of aromatic hydroxyl groups is 2. The van der Waals surface area contributed by atoms with Crippen LogP contribution in [0.2, 0.25) is 0 Å². The van der Waals surface area contributed by atoms with E-state index >= 15 is 0 Å². The third kappa shape index (κ3) is 9.48. The lowest BCUT2D eigenvalue weighted by atomic mass is 9.75. The molecule has 0 aliphatic carbocycles. The Morgan fingerprint density at radius 1 is 0.558 bits per heavy atom. The molecule has 2 aromatic carbocycles. The van der Waals surface area contributed by atoms with E-state index < -0.39 is 0 Å². The van der Waals surface area contributed by atoms with Crippen LogP contribution in [-0.2, 0) is 31.2 Å². The number of benzene rings is 2. The fourth-order valence-corrected chi connectivity index (χ4v) is 5.94. The summed E-state index contributed by atoms with van der Waals surface area (Å²) >= 11 is 0. The van der Waals surface area contributed by atoms with Gasteiger partial charge in [0.1, 0.15) is 11.5 Å². The molecule has 0 spiro atoms. The number of carbonyl (C=O) groups excluding carboxylic acids is 2. The molecule has 43 heavy (non-hydrogen) atoms. The summed E-state index contributed by atoms with van der Waals surface area (Å²) in [5.74, 6) is -0.400. The number of amides is 2. The molecule has 2 rings (SSSR count). The monoisotopic (exact) mass is 594 g/mol. The van der Waals surface area contributed by atoms with Crippen molar-refractivity contribution >= 4 is 11.8 Å². The van der Waals surface area contributed by atoms with E-state index in [1.54, 1.807) is 0 Å². The van der Waals surface area contributed by atoms with Crippen molar-refractivity contribution in [2.24, 2.45) is 11.5 Å². The van der Waals surface area contributed by atoms with Crippen molar-refractivity contribution in [2.75, 3.05) is 0 Å². The maximum atomic E-state index is 12.3. The van der Waals surface area contributed by atoms with Crippen molar-refractivity contribution in [3.05, 3.63) is 57.6 Å². The lowest BCUT2D eigenvalue weighted by Gasteiger charge is -2.30. The van der Waals surface area contributed by atoms with Crippen LogP contribution in [-0.4, -0.2) is 22.0 Å². The molecular weight excluding hydrogens is 536 g/mol. The highest BCUT2D eigenvalue weighted by atomic mass is 16.3. The Hall–Kier alpha value is -3.02. The van der Waals surface area contributed by atoms with Gasteiger partial charge in [0, 0.05) is 12.8 Å². The molecule has 0 bridgehead atoms. The van der Waals surface area contributed by atoms with Gasteiger partial charge >= 0.3 is 0 Å². The minimum Gasteiger partial charge on any atom is -0.507 e. The maximum absolute atomic E-state index is 12.3. The molecule has 0 radical (unpaired) electrons. The van der Waals surface area contributed by atoms with Crippen molar-refractivity contribution in [1.29, 1.82) is 0 Å². The predicted molar refractivity (Wildman–Crippen MR) is 178 cm³/mol. The quantitative estimate of drug-likeness (QED) is 0.222. The SMILES string of the molecule is CC(C)(C)c1cc(C(CCCC(CC(N)=O)c2cc(C(C)(C)C)c(O)c(C(C)(C)C)c2)CC(N)=O)cc(C(C)(C)C)c1O. The molecule has 2 unspecified atom stereocenters. The molecule has 2 atom stereocenters. The summed E-state index contributed by atoms with van der Waals surface area (Å²) in [6.07, 6.45) is 2.50. The van der Waals surface area contributed by atoms with Gasteiger partial charge in [-0.15, -0.1) is 0 Å². The molecule has 0 aliphatic rings. The zero-order valence-electron chi connectivity index (χ0n) is 28.9. The highest BCUT2D eigenvalue weighted by Crippen LogP contribution is 2.44. The Kier molecular flexibility index (Phi) is 10.9. The predicted octanol–water partition coefficient (Wildman–Crippen LogP) is 8.08. The van der Waals surface area contributed by atoms with Gasteiger partial charge in [0.2, 0.25) is 11.8 Å². The van der Waals surface area contributed by atoms with Gasteiger partial charge in [0.15, 0.2) is 0 Å². The molecule has 0 aliphatic heterocycles. The van der Waals surface area contributed by atoms with Crippen molar-refractivity contribution in [2.45, 2.75) is 149 Å². The van der Waals surface area contributed by atoms with Crippen LogP contribution in [0, 0.1) is 0 Å². The molecular formula is C37H58N2O4. The van der Waals surface area contributed by atoms with Crippen LogP contribution < -0.4 is 11.5 Å². The molecule has 2 aromatic rings. The van der Waals surface area contributed by atoms with E-state index in [0.717, 1.165) is 39.8 Å². The summed E-state index contributed by atoms with van der Waals surface area (Å²) in [6, 6.07) is 8.13. The summed E-state index contributed by atoms with van der Waals surface area (Å²) in [5.41, 5.74) is 15.7. The maximum Gasteiger partial charge on any atom is 0.218 e. The molecule has 240 valence electrons. The van der Waals surface area contributed by atoms with E-state index in [-0.39, 0.29) is 58.2 Å². The molecule has 2 amide bonds. The standard InChI is InChI=1S/C37H58N2O4/c1-34(2,3)26-16-24(17-27(32(26)42)35(4,5)6)22(20-30(38)40)14-13-15-23(21-31(39)41)25-18-28(36(7,8)9)33(43)29(19-25)37(10,11)12/h16-19,22-23,42-43H,13-15,20-21H2,1-12H3,(H2,38,40)(H2,39,41). The number of nitrogens with two attached hydrogens (primary N) is 2. The van der Waals surface area contributed by atoms with Crippen molar-refractivity contribution < 1.29 is 19.8 Å². The van der Waals surface area contributed by atoms with Gasteiger partial charge in [-0.05, 0) is 79.7 Å². The third-order valence-corrected chi connectivity index (χ3v) is 8.44. The highest BCUT2D eigenvalue weighted by molar-refractivity contribution is 5.75. The van der Waals surface area contributed by atoms with E-state index in [2.05, 4.69) is 83.1 Å². The number of phenolic OH excluding ortho intramolecular Hbond substituents is 2. The van der Waals surface area contributed by atoms with Gasteiger partial charge in [-0.1, -0.05) is 114 Å². The molecule has 0 aromatic heterocycles. The fourth-order valence-electron chi connectivity index (χ4n) is 5.94. The van der Waals surface area contributed by atoms with Gasteiger partial charge in [-0.2, -0.15) is 0 Å². The smallest absolute Gasteiger partial charge is 0.218 e. The second kappa shape index (κ2) is 12.9. The van der Waals surface area contributed by atoms with Gasteiger partial charge in [0.25, 0.3) is 0 Å². The van der Waals surface area contributed by atoms with Crippen LogP contribution in [0.4, 0.5) is 0 Å². The summed E-state index contributed by atoms with van der Waals surface area (Å²) in [5, 5.41) is 22.5. The second-order valence-corrected chi connectivity index (χ2v) is 16.6. The minimum absolute atomic E-state index is 0.135. The van der Waals surface area contributed by atoms with Crippen LogP contribution in [0.1, 0.15) is 160 Å². The minimum atomic E-state index is -0.371. The first-order valence-corrected chi connectivity index (χ1v) is 15.7. The molecule has 6 heteroatoms. The third-order valence-electron chi connectivity index (χ3n) is 8.44. The Bertz CT molecular complexity index is 1140. The zero-order valence-corrected chi connectivity index (χ0v) is 28.9. The van der Waals surface area contributed by atoms with Crippen LogP contribution in [0.25, 0.3) is 0 Å². The van der Waals surface area contributed by atoms with Gasteiger partial charge < -0.3 is 21.7 Å². The Morgan fingerprint density at radius 3 is 0.977 bits per heavy atom. The second-order valence-electron chi connectivity index (χ2n) is 16.6. The lowest BCUT2D eigenvalue weighted by molar-refractivity contribution is -0.119. The van der Waals surface area contributed by atoms with Gasteiger partial charge in [-0.3, -0.25) is 9.59 Å². The first kappa shape index (κ1) is 36.2. The summed E-state index contributed by atoms with van der Waals surface area (Å²) in [6.45, 7) is 24.9. The summed E-state index contributed by atoms with van der Waals surface area (Å²) < 4.78 is 0. The molecule has 6 N–H and O–H groups in total. The van der Waals surface area contributed by atoms with Crippen LogP contribution >= 0.6 is 0 Å². The van der Waals surface area contributed by atoms with E-state index in [1.165, 1.54) is 0 Å². The number of rotatable bonds is 10. The Balaban J connectivity index is 2.55. The average Bonchev–Trinajstić information content (AvgIpc) is 2.79. The summed E-state index contributed by atoms with van der Waals surface area (Å²) in [4.78, 5) is 24.5. The number of primary amides is 2. The van der Waals surface area contributed by atoms with E-state index in [4.69, 9.17) is 11.5 Å². The molecule has 6 nitrogen and oxygen atoms in total. The normalized spacial score (nSPS) is 14.4. The molecule has 0 saturated heterocycles. The van der Waals surface area contributed by atoms with E-state index in [9.17, 15) is 19.8 Å². The van der Waals surface area contributed by atoms with Crippen LogP contribution in [0.3, 0.4) is 0 Å². The number of carbonyl (C=O) groups is 2. The first-order chi connectivity index (χ1) is 19.3. The van der Waals surface area contributed by atoms with Crippen molar-refractivity contribution in [3.63, 3.8) is 0 Å². The number of phenols is 2. The van der Waals surface area contributed by atoms with Crippen molar-refractivity contribution in [3.8, 4) is 11.5 Å². The van der Waals surface area contributed by atoms with Gasteiger partial charge in [0.05, 0.1) is 0 Å². The molecule has 0 heterocycles. The largest absolute Gasteiger partial charge is 0.507 e. The first-order valence-electron chi connectivity index (χ1n) is 15.7. The highest BCUT2D eigenvalue weighted by Gasteiger charge is 2.31. The van der Waals surface area contributed by atoms with Crippen LogP contribution in [0.15, 0.2) is 24.3 Å². The number of hydrogen-bond donors (Lipinski definition) is 4. The topological polar surface area (TPSA) is 127 Å². The number of hydrogen-bond acceptors (Lipinski definition) is 4. The molecule has 0 fully saturated rings. The lowest BCUT2D eigenvalue weighted by Crippen LogP contribution is -2.21. The summed E-state index contributed by atoms with van der Waals surface area (Å²) in [7, 11) is 0.